The van der Waals surface area contributed by atoms with Gasteiger partial charge in [-0.2, -0.15) is 0 Å². The summed E-state index contributed by atoms with van der Waals surface area (Å²) < 4.78 is 34.5. The summed E-state index contributed by atoms with van der Waals surface area (Å²) in [5, 5.41) is 8.79. The minimum Gasteiger partial charge on any atom is -0.488 e. The van der Waals surface area contributed by atoms with E-state index in [4.69, 9.17) is 9.72 Å². The van der Waals surface area contributed by atoms with Gasteiger partial charge in [0.1, 0.15) is 29.5 Å². The van der Waals surface area contributed by atoms with Crippen molar-refractivity contribution in [2.45, 2.75) is 107 Å². The molecule has 1 aromatic heterocycles. The van der Waals surface area contributed by atoms with Crippen molar-refractivity contribution in [1.29, 1.82) is 0 Å². The Morgan fingerprint density at radius 2 is 1.89 bits per heavy atom. The van der Waals surface area contributed by atoms with Crippen LogP contribution in [0.15, 0.2) is 67.3 Å². The van der Waals surface area contributed by atoms with Crippen molar-refractivity contribution < 1.29 is 32.3 Å². The lowest BCUT2D eigenvalue weighted by molar-refractivity contribution is -0.141. The molecule has 292 valence electrons. The molecule has 13 nitrogen and oxygen atoms in total. The lowest BCUT2D eigenvalue weighted by Gasteiger charge is -2.30. The minimum atomic E-state index is -3.89. The quantitative estimate of drug-likeness (QED) is 0.218. The Labute approximate surface area is 322 Å². The van der Waals surface area contributed by atoms with Gasteiger partial charge in [0, 0.05) is 35.9 Å². The normalized spacial score (nSPS) is 25.9. The molecule has 3 aromatic rings. The van der Waals surface area contributed by atoms with Crippen LogP contribution in [0.5, 0.6) is 5.75 Å². The highest BCUT2D eigenvalue weighted by molar-refractivity contribution is 7.91. The van der Waals surface area contributed by atoms with E-state index in [1.807, 2.05) is 49.4 Å². The van der Waals surface area contributed by atoms with Gasteiger partial charge < -0.3 is 25.6 Å². The first kappa shape index (κ1) is 38.3. The summed E-state index contributed by atoms with van der Waals surface area (Å²) in [6.45, 7) is 6.28. The van der Waals surface area contributed by atoms with Gasteiger partial charge in [0.05, 0.1) is 23.0 Å². The predicted octanol–water partition coefficient (Wildman–Crippen LogP) is 4.50. The molecule has 0 radical (unpaired) electrons. The fourth-order valence-electron chi connectivity index (χ4n) is 7.73. The number of rotatable bonds is 10. The molecule has 2 saturated carbocycles. The number of benzene rings is 2. The number of aryl methyl sites for hydroxylation is 1. The Balaban J connectivity index is 1.24. The van der Waals surface area contributed by atoms with Crippen LogP contribution in [-0.4, -0.2) is 84.1 Å². The second-order valence-corrected chi connectivity index (χ2v) is 17.3. The number of amides is 5. The summed E-state index contributed by atoms with van der Waals surface area (Å²) in [6.07, 6.45) is 7.31. The zero-order chi connectivity index (χ0) is 38.7. The smallest absolute Gasteiger partial charge is 0.315 e. The SMILES string of the molecule is C=CC1C[C@]1(NC(=O)[C@@H]1C[C@@H]2CN1C(=O)[C@H](CCCC)NC(=O)NCCCCCc1ccc3nc(-c4ccccc4)cc(c3c1)O2)C(=O)NS(=O)(=O)C1CC1. The summed E-state index contributed by atoms with van der Waals surface area (Å²) in [5.41, 5.74) is 1.96. The molecule has 4 aliphatic rings. The Kier molecular flexibility index (Phi) is 11.2. The Morgan fingerprint density at radius 1 is 1.09 bits per heavy atom. The van der Waals surface area contributed by atoms with Crippen LogP contribution >= 0.6 is 0 Å². The Morgan fingerprint density at radius 3 is 2.62 bits per heavy atom. The molecule has 55 heavy (non-hydrogen) atoms. The molecule has 14 heteroatoms. The number of carbonyl (C=O) groups excluding carboxylic acids is 4. The van der Waals surface area contributed by atoms with Crippen LogP contribution in [-0.2, 0) is 30.8 Å². The van der Waals surface area contributed by atoms with Gasteiger partial charge >= 0.3 is 6.03 Å². The molecule has 2 aliphatic carbocycles. The van der Waals surface area contributed by atoms with Gasteiger partial charge in [-0.15, -0.1) is 6.58 Å². The van der Waals surface area contributed by atoms with Crippen LogP contribution in [0, 0.1) is 5.92 Å². The van der Waals surface area contributed by atoms with Crippen molar-refractivity contribution in [3.63, 3.8) is 0 Å². The highest BCUT2D eigenvalue weighted by Crippen LogP contribution is 2.45. The summed E-state index contributed by atoms with van der Waals surface area (Å²) in [7, 11) is -3.89. The maximum Gasteiger partial charge on any atom is 0.315 e. The van der Waals surface area contributed by atoms with Crippen molar-refractivity contribution in [2.75, 3.05) is 13.1 Å². The molecular formula is C41H50N6O7S. The summed E-state index contributed by atoms with van der Waals surface area (Å²) >= 11 is 0. The molecule has 1 saturated heterocycles. The lowest BCUT2D eigenvalue weighted by Crippen LogP contribution is -2.58. The van der Waals surface area contributed by atoms with E-state index in [1.165, 1.54) is 11.0 Å². The van der Waals surface area contributed by atoms with E-state index in [0.717, 1.165) is 54.1 Å². The number of fused-ring (bicyclic) bond motifs is 3. The third-order valence-corrected chi connectivity index (χ3v) is 13.0. The van der Waals surface area contributed by atoms with Crippen molar-refractivity contribution in [3.05, 3.63) is 72.8 Å². The maximum absolute atomic E-state index is 14.5. The molecule has 5 amide bonds. The number of nitrogens with zero attached hydrogens (tertiary/aromatic N) is 2. The third kappa shape index (κ3) is 8.48. The molecular weight excluding hydrogens is 721 g/mol. The molecule has 5 atom stereocenters. The molecule has 2 aliphatic heterocycles. The lowest BCUT2D eigenvalue weighted by atomic mass is 10.0. The van der Waals surface area contributed by atoms with E-state index in [1.54, 1.807) is 0 Å². The average Bonchev–Trinajstić information content (AvgIpc) is 4.11. The zero-order valence-corrected chi connectivity index (χ0v) is 32.0. The van der Waals surface area contributed by atoms with E-state index in [-0.39, 0.29) is 19.4 Å². The molecule has 7 rings (SSSR count). The number of hydrogen-bond donors (Lipinski definition) is 4. The number of aromatic nitrogens is 1. The van der Waals surface area contributed by atoms with Gasteiger partial charge in [-0.25, -0.2) is 18.2 Å². The van der Waals surface area contributed by atoms with E-state index in [2.05, 4.69) is 39.4 Å². The highest BCUT2D eigenvalue weighted by atomic mass is 32.2. The standard InChI is InChI=1S/C41H50N6O7S/c1-3-5-15-33-38(49)47-25-29(22-35(47)37(48)45-41(24-28(41)4-2)39(50)46-55(52,53)30-17-18-30)54-36-23-34(27-13-9-6-10-14-27)43-32-19-16-26(21-31(32)36)12-8-7-11-20-42-40(51)44-33/h4,6,9-10,13-14,16,19,21,23,28-30,33,35H,2-3,5,7-8,11-12,15,17-18,20,22,24-25H2,1H3,(H,45,48)(H,46,50)(H2,42,44,51)/t28?,29-,33+,35+,41-/m1/s1. The van der Waals surface area contributed by atoms with Gasteiger partial charge in [-0.3, -0.25) is 19.1 Å². The summed E-state index contributed by atoms with van der Waals surface area (Å²) in [5.74, 6) is -1.79. The number of nitrogens with one attached hydrogen (secondary N) is 4. The van der Waals surface area contributed by atoms with E-state index < -0.39 is 68.7 Å². The summed E-state index contributed by atoms with van der Waals surface area (Å²) in [6, 6.07) is 15.4. The van der Waals surface area contributed by atoms with Crippen LogP contribution in [0.3, 0.4) is 0 Å². The number of pyridine rings is 1. The molecule has 4 bridgehead atoms. The second kappa shape index (κ2) is 16.0. The molecule has 0 spiro atoms. The maximum atomic E-state index is 14.5. The molecule has 2 aromatic carbocycles. The first-order valence-electron chi connectivity index (χ1n) is 19.5. The zero-order valence-electron chi connectivity index (χ0n) is 31.2. The van der Waals surface area contributed by atoms with Crippen LogP contribution in [0.4, 0.5) is 4.79 Å². The highest BCUT2D eigenvalue weighted by Gasteiger charge is 2.62. The first-order chi connectivity index (χ1) is 26.5. The monoisotopic (exact) mass is 770 g/mol. The number of unbranched alkanes of at least 4 members (excludes halogenated alkanes) is 1. The molecule has 1 unspecified atom stereocenters. The fraction of sp³-hybridized carbons (Fsp3) is 0.488. The van der Waals surface area contributed by atoms with E-state index >= 15 is 0 Å². The topological polar surface area (TPSA) is 176 Å². The number of sulfonamides is 1. The van der Waals surface area contributed by atoms with E-state index in [0.29, 0.717) is 43.7 Å². The second-order valence-electron chi connectivity index (χ2n) is 15.3. The van der Waals surface area contributed by atoms with Crippen molar-refractivity contribution >= 4 is 44.7 Å². The summed E-state index contributed by atoms with van der Waals surface area (Å²) in [4.78, 5) is 62.0. The molecule has 4 N–H and O–H groups in total. The number of carbonyl (C=O) groups is 4. The van der Waals surface area contributed by atoms with Crippen LogP contribution in [0.25, 0.3) is 22.2 Å². The van der Waals surface area contributed by atoms with E-state index in [9.17, 15) is 27.6 Å². The fourth-order valence-corrected chi connectivity index (χ4v) is 9.10. The Hall–Kier alpha value is -4.98. The van der Waals surface area contributed by atoms with Gasteiger partial charge in [0.2, 0.25) is 21.8 Å². The van der Waals surface area contributed by atoms with Crippen molar-refractivity contribution in [1.82, 2.24) is 30.6 Å². The average molecular weight is 771 g/mol. The van der Waals surface area contributed by atoms with Crippen molar-refractivity contribution in [2.24, 2.45) is 5.92 Å². The molecule has 3 fully saturated rings. The van der Waals surface area contributed by atoms with Gasteiger partial charge in [-0.1, -0.05) is 68.7 Å². The predicted molar refractivity (Wildman–Crippen MR) is 208 cm³/mol. The van der Waals surface area contributed by atoms with Crippen LogP contribution < -0.4 is 25.4 Å². The number of urea groups is 1. The third-order valence-electron chi connectivity index (χ3n) is 11.2. The van der Waals surface area contributed by atoms with Crippen LogP contribution in [0.2, 0.25) is 0 Å². The number of ether oxygens (including phenoxy) is 1. The van der Waals surface area contributed by atoms with Crippen LogP contribution in [0.1, 0.15) is 76.7 Å². The number of hydrogen-bond acceptors (Lipinski definition) is 8. The Bertz CT molecular complexity index is 2070. The van der Waals surface area contributed by atoms with Gasteiger partial charge in [-0.05, 0) is 62.6 Å². The minimum absolute atomic E-state index is 0.0349. The largest absolute Gasteiger partial charge is 0.488 e. The molecule has 3 heterocycles. The van der Waals surface area contributed by atoms with Gasteiger partial charge in [0.15, 0.2) is 0 Å². The van der Waals surface area contributed by atoms with Crippen molar-refractivity contribution in [3.8, 4) is 17.0 Å². The first-order valence-corrected chi connectivity index (χ1v) is 21.1. The van der Waals surface area contributed by atoms with Gasteiger partial charge in [0.25, 0.3) is 5.91 Å².